The van der Waals surface area contributed by atoms with E-state index in [2.05, 4.69) is 41.4 Å². The van der Waals surface area contributed by atoms with Gasteiger partial charge in [-0.1, -0.05) is 37.5 Å². The number of piperazine rings is 1. The zero-order chi connectivity index (χ0) is 24.4. The van der Waals surface area contributed by atoms with Gasteiger partial charge in [-0.05, 0) is 65.9 Å². The molecule has 0 aromatic rings. The monoisotopic (exact) mass is 456 g/mol. The number of carbonyl (C=O) groups excluding carboxylic acids is 1. The molecule has 0 bridgehead atoms. The number of rotatable bonds is 9. The largest absolute Gasteiger partial charge is 0.444 e. The number of amides is 1. The van der Waals surface area contributed by atoms with Crippen LogP contribution < -0.4 is 5.32 Å². The first kappa shape index (κ1) is 26.8. The summed E-state index contributed by atoms with van der Waals surface area (Å²) < 4.78 is 5.67. The molecule has 1 N–H and O–H groups in total. The second kappa shape index (κ2) is 12.7. The molecule has 1 aliphatic carbocycles. The normalized spacial score (nSPS) is 19.5. The predicted molar refractivity (Wildman–Crippen MR) is 137 cm³/mol. The van der Waals surface area contributed by atoms with E-state index in [1.165, 1.54) is 18.5 Å². The van der Waals surface area contributed by atoms with Crippen molar-refractivity contribution in [1.29, 1.82) is 0 Å². The minimum absolute atomic E-state index is 0.0513. The molecule has 6 nitrogen and oxygen atoms in total. The molecule has 1 heterocycles. The van der Waals surface area contributed by atoms with Gasteiger partial charge in [-0.3, -0.25) is 0 Å². The Morgan fingerprint density at radius 2 is 2.06 bits per heavy atom. The van der Waals surface area contributed by atoms with Crippen molar-refractivity contribution in [3.8, 4) is 0 Å². The van der Waals surface area contributed by atoms with Crippen LogP contribution in [0.4, 0.5) is 4.79 Å². The van der Waals surface area contributed by atoms with Crippen molar-refractivity contribution >= 4 is 6.09 Å². The molecule has 2 rings (SSSR count). The average Bonchev–Trinajstić information content (AvgIpc) is 2.78. The van der Waals surface area contributed by atoms with Gasteiger partial charge in [0.1, 0.15) is 11.4 Å². The van der Waals surface area contributed by atoms with E-state index >= 15 is 0 Å². The molecule has 0 saturated carbocycles. The van der Waals surface area contributed by atoms with E-state index in [1.54, 1.807) is 0 Å². The Balaban J connectivity index is 2.15. The second-order valence-corrected chi connectivity index (χ2v) is 9.76. The molecule has 0 aromatic heterocycles. The Morgan fingerprint density at radius 3 is 2.70 bits per heavy atom. The highest BCUT2D eigenvalue weighted by Gasteiger charge is 2.31. The highest BCUT2D eigenvalue weighted by Crippen LogP contribution is 2.26. The number of hydrogen-bond donors (Lipinski definition) is 1. The van der Waals surface area contributed by atoms with Gasteiger partial charge >= 0.3 is 6.09 Å². The molecule has 1 saturated heterocycles. The van der Waals surface area contributed by atoms with Crippen molar-refractivity contribution in [1.82, 2.24) is 20.0 Å². The van der Waals surface area contributed by atoms with Gasteiger partial charge in [0.15, 0.2) is 0 Å². The molecule has 1 amide bonds. The van der Waals surface area contributed by atoms with Crippen LogP contribution in [0.5, 0.6) is 0 Å². The number of nitrogens with one attached hydrogen (secondary N) is 1. The summed E-state index contributed by atoms with van der Waals surface area (Å²) in [6, 6.07) is 0.0513. The Hall–Kier alpha value is -2.47. The number of hydrogen-bond acceptors (Lipinski definition) is 5. The average molecular weight is 457 g/mol. The zero-order valence-corrected chi connectivity index (χ0v) is 21.4. The lowest BCUT2D eigenvalue weighted by atomic mass is 10.0. The Kier molecular flexibility index (Phi) is 10.3. The van der Waals surface area contributed by atoms with Crippen molar-refractivity contribution in [2.24, 2.45) is 0 Å². The summed E-state index contributed by atoms with van der Waals surface area (Å²) in [7, 11) is 2.09. The molecule has 184 valence electrons. The maximum Gasteiger partial charge on any atom is 0.410 e. The maximum absolute atomic E-state index is 12.8. The fraction of sp³-hybridized carbons (Fsp3) is 0.593. The fourth-order valence-electron chi connectivity index (χ4n) is 4.14. The van der Waals surface area contributed by atoms with E-state index in [4.69, 9.17) is 4.74 Å². The molecule has 1 atom stereocenters. The molecule has 0 unspecified atom stereocenters. The molecule has 33 heavy (non-hydrogen) atoms. The van der Waals surface area contributed by atoms with Crippen LogP contribution >= 0.6 is 0 Å². The third-order valence-corrected chi connectivity index (χ3v) is 6.00. The first-order valence-electron chi connectivity index (χ1n) is 12.2. The van der Waals surface area contributed by atoms with E-state index in [0.717, 1.165) is 43.9 Å². The van der Waals surface area contributed by atoms with Crippen LogP contribution in [0.2, 0.25) is 0 Å². The fourth-order valence-corrected chi connectivity index (χ4v) is 4.14. The summed E-state index contributed by atoms with van der Waals surface area (Å²) in [6.45, 7) is 19.3. The van der Waals surface area contributed by atoms with Crippen molar-refractivity contribution in [2.45, 2.75) is 71.4 Å². The van der Waals surface area contributed by atoms with Crippen LogP contribution in [0, 0.1) is 0 Å². The van der Waals surface area contributed by atoms with Gasteiger partial charge in [0.2, 0.25) is 0 Å². The minimum Gasteiger partial charge on any atom is -0.444 e. The Morgan fingerprint density at radius 1 is 1.30 bits per heavy atom. The summed E-state index contributed by atoms with van der Waals surface area (Å²) in [5, 5.41) is 3.43. The smallest absolute Gasteiger partial charge is 0.410 e. The number of nitrogens with zero attached hydrogens (tertiary/aromatic N) is 3. The predicted octanol–water partition coefficient (Wildman–Crippen LogP) is 5.39. The molecule has 6 heteroatoms. The third-order valence-electron chi connectivity index (χ3n) is 6.00. The Bertz CT molecular complexity index is 775. The Labute approximate surface area is 201 Å². The van der Waals surface area contributed by atoms with E-state index in [-0.39, 0.29) is 12.1 Å². The van der Waals surface area contributed by atoms with Crippen LogP contribution in [0.25, 0.3) is 0 Å². The van der Waals surface area contributed by atoms with Gasteiger partial charge < -0.3 is 24.8 Å². The first-order chi connectivity index (χ1) is 15.6. The van der Waals surface area contributed by atoms with Crippen molar-refractivity contribution in [3.05, 3.63) is 60.8 Å². The lowest BCUT2D eigenvalue weighted by Crippen LogP contribution is -2.55. The van der Waals surface area contributed by atoms with E-state index in [1.807, 2.05) is 56.9 Å². The lowest BCUT2D eigenvalue weighted by molar-refractivity contribution is 0.0105. The second-order valence-electron chi connectivity index (χ2n) is 9.76. The van der Waals surface area contributed by atoms with Gasteiger partial charge in [-0.25, -0.2) is 4.79 Å². The van der Waals surface area contributed by atoms with Crippen LogP contribution in [-0.4, -0.2) is 65.7 Å². The molecular formula is C27H44N4O2. The van der Waals surface area contributed by atoms with Crippen LogP contribution in [-0.2, 0) is 4.74 Å². The topological polar surface area (TPSA) is 48.1 Å². The maximum atomic E-state index is 12.8. The molecule has 1 fully saturated rings. The number of ether oxygens (including phenoxy) is 1. The number of carbonyl (C=O) groups is 1. The standard InChI is InChI=1S/C27H44N4O2/c1-8-9-11-14-22(2)30(23(3)29(7)24-15-12-10-13-16-24)19-17-25-21-28-18-20-31(25)26(32)33-27(4,5)6/h8-9,11,14-15,25,28H,2-3,10,12-13,16-21H2,1,4-7H3/b9-8-,14-11-/t25-/m1/s1. The van der Waals surface area contributed by atoms with Gasteiger partial charge in [-0.15, -0.1) is 0 Å². The molecule has 0 radical (unpaired) electrons. The first-order valence-corrected chi connectivity index (χ1v) is 12.2. The van der Waals surface area contributed by atoms with Gasteiger partial charge in [0, 0.05) is 50.7 Å². The molecule has 0 spiro atoms. The van der Waals surface area contributed by atoms with Gasteiger partial charge in [-0.2, -0.15) is 0 Å². The zero-order valence-electron chi connectivity index (χ0n) is 21.4. The number of allylic oxidation sites excluding steroid dienone is 6. The van der Waals surface area contributed by atoms with Crippen LogP contribution in [0.15, 0.2) is 60.8 Å². The highest BCUT2D eigenvalue weighted by molar-refractivity contribution is 5.68. The van der Waals surface area contributed by atoms with Crippen molar-refractivity contribution < 1.29 is 9.53 Å². The highest BCUT2D eigenvalue weighted by atomic mass is 16.6. The van der Waals surface area contributed by atoms with Gasteiger partial charge in [0.05, 0.1) is 0 Å². The SMILES string of the molecule is C=C(/C=C\C=C/C)N(CC[C@@H]1CNCCN1C(=O)OC(C)(C)C)C(=C)N(C)C1=CCCCC1. The summed E-state index contributed by atoms with van der Waals surface area (Å²) in [6.07, 6.45) is 15.5. The summed E-state index contributed by atoms with van der Waals surface area (Å²) in [5.74, 6) is 0.908. The summed E-state index contributed by atoms with van der Waals surface area (Å²) >= 11 is 0. The minimum atomic E-state index is -0.505. The van der Waals surface area contributed by atoms with Crippen molar-refractivity contribution in [2.75, 3.05) is 33.2 Å². The molecule has 2 aliphatic rings. The summed E-state index contributed by atoms with van der Waals surface area (Å²) in [4.78, 5) is 19.0. The van der Waals surface area contributed by atoms with Crippen LogP contribution in [0.3, 0.4) is 0 Å². The van der Waals surface area contributed by atoms with Crippen LogP contribution in [0.1, 0.15) is 59.8 Å². The molecule has 1 aliphatic heterocycles. The van der Waals surface area contributed by atoms with Crippen molar-refractivity contribution in [3.63, 3.8) is 0 Å². The lowest BCUT2D eigenvalue weighted by Gasteiger charge is -2.40. The van der Waals surface area contributed by atoms with E-state index < -0.39 is 5.60 Å². The molecular weight excluding hydrogens is 412 g/mol. The quantitative estimate of drug-likeness (QED) is 0.471. The van der Waals surface area contributed by atoms with Gasteiger partial charge in [0.25, 0.3) is 0 Å². The van der Waals surface area contributed by atoms with E-state index in [0.29, 0.717) is 13.1 Å². The summed E-state index contributed by atoms with van der Waals surface area (Å²) in [5.41, 5.74) is 1.69. The van der Waals surface area contributed by atoms with E-state index in [9.17, 15) is 4.79 Å². The third kappa shape index (κ3) is 8.43. The molecule has 0 aromatic carbocycles.